The average molecular weight is 419 g/mol. The van der Waals surface area contributed by atoms with Crippen molar-refractivity contribution in [3.63, 3.8) is 0 Å². The molecule has 1 aliphatic rings. The maximum atomic E-state index is 6.04. The second kappa shape index (κ2) is 7.81. The van der Waals surface area contributed by atoms with E-state index < -0.39 is 0 Å². The van der Waals surface area contributed by atoms with E-state index in [1.807, 2.05) is 42.6 Å². The second-order valence-corrected chi connectivity index (χ2v) is 7.88. The predicted octanol–water partition coefficient (Wildman–Crippen LogP) is 5.84. The third kappa shape index (κ3) is 3.56. The van der Waals surface area contributed by atoms with Crippen molar-refractivity contribution in [3.05, 3.63) is 96.4 Å². The average Bonchev–Trinajstić information content (AvgIpc) is 3.46. The Kier molecular flexibility index (Phi) is 4.53. The van der Waals surface area contributed by atoms with E-state index in [0.29, 0.717) is 11.8 Å². The molecule has 32 heavy (non-hydrogen) atoms. The SMILES string of the molecule is c1ccc(-n2ccc3cc(Oc4ccnc(Nc5ccc6c(c5)CCC6)n4)ccc32)nc1. The summed E-state index contributed by atoms with van der Waals surface area (Å²) in [7, 11) is 0. The van der Waals surface area contributed by atoms with E-state index in [-0.39, 0.29) is 0 Å². The molecule has 5 aromatic rings. The molecule has 0 unspecified atom stereocenters. The summed E-state index contributed by atoms with van der Waals surface area (Å²) in [6.07, 6.45) is 9.05. The molecule has 1 N–H and O–H groups in total. The Balaban J connectivity index is 1.22. The highest BCUT2D eigenvalue weighted by Crippen LogP contribution is 2.28. The minimum absolute atomic E-state index is 0.493. The molecule has 0 atom stereocenters. The first-order valence-electron chi connectivity index (χ1n) is 10.7. The molecule has 3 aromatic heterocycles. The van der Waals surface area contributed by atoms with Crippen LogP contribution in [0.15, 0.2) is 85.3 Å². The Morgan fingerprint density at radius 2 is 1.81 bits per heavy atom. The summed E-state index contributed by atoms with van der Waals surface area (Å²) < 4.78 is 8.10. The van der Waals surface area contributed by atoms with Gasteiger partial charge in [-0.05, 0) is 78.9 Å². The lowest BCUT2D eigenvalue weighted by atomic mass is 10.1. The summed E-state index contributed by atoms with van der Waals surface area (Å²) >= 11 is 0. The molecule has 0 spiro atoms. The van der Waals surface area contributed by atoms with E-state index in [0.717, 1.165) is 34.6 Å². The van der Waals surface area contributed by atoms with Crippen molar-refractivity contribution < 1.29 is 4.74 Å². The first kappa shape index (κ1) is 18.6. The van der Waals surface area contributed by atoms with E-state index in [2.05, 4.69) is 49.1 Å². The summed E-state index contributed by atoms with van der Waals surface area (Å²) in [6.45, 7) is 0. The Labute approximate surface area is 185 Å². The molecular formula is C26H21N5O. The highest BCUT2D eigenvalue weighted by atomic mass is 16.5. The largest absolute Gasteiger partial charge is 0.439 e. The van der Waals surface area contributed by atoms with Gasteiger partial charge < -0.3 is 14.6 Å². The van der Waals surface area contributed by atoms with Gasteiger partial charge in [-0.1, -0.05) is 12.1 Å². The molecule has 6 heteroatoms. The van der Waals surface area contributed by atoms with Crippen LogP contribution in [0.3, 0.4) is 0 Å². The lowest BCUT2D eigenvalue weighted by Gasteiger charge is -2.09. The standard InChI is InChI=1S/C26H21N5O/c1-2-13-27-24(6-1)31-15-12-20-17-22(9-10-23(20)31)32-25-11-14-28-26(30-25)29-21-8-7-18-4-3-5-19(18)16-21/h1-2,6-17H,3-5H2,(H,28,29,30). The van der Waals surface area contributed by atoms with E-state index in [1.165, 1.54) is 24.0 Å². The monoisotopic (exact) mass is 419 g/mol. The first-order chi connectivity index (χ1) is 15.8. The number of hydrogen-bond donors (Lipinski definition) is 1. The number of nitrogens with one attached hydrogen (secondary N) is 1. The van der Waals surface area contributed by atoms with Crippen molar-refractivity contribution in [2.45, 2.75) is 19.3 Å². The van der Waals surface area contributed by atoms with Crippen LogP contribution >= 0.6 is 0 Å². The van der Waals surface area contributed by atoms with Gasteiger partial charge in [0.2, 0.25) is 11.8 Å². The number of fused-ring (bicyclic) bond motifs is 2. The molecule has 0 aliphatic heterocycles. The minimum atomic E-state index is 0.493. The molecular weight excluding hydrogens is 398 g/mol. The number of anilines is 2. The van der Waals surface area contributed by atoms with Gasteiger partial charge in [0.05, 0.1) is 5.52 Å². The number of aromatic nitrogens is 4. The van der Waals surface area contributed by atoms with Crippen molar-refractivity contribution in [2.24, 2.45) is 0 Å². The van der Waals surface area contributed by atoms with Gasteiger partial charge in [-0.2, -0.15) is 4.98 Å². The van der Waals surface area contributed by atoms with Crippen molar-refractivity contribution in [2.75, 3.05) is 5.32 Å². The molecule has 0 radical (unpaired) electrons. The molecule has 156 valence electrons. The van der Waals surface area contributed by atoms with Crippen LogP contribution in [0, 0.1) is 0 Å². The highest BCUT2D eigenvalue weighted by molar-refractivity contribution is 5.83. The van der Waals surface area contributed by atoms with Crippen molar-refractivity contribution in [3.8, 4) is 17.4 Å². The van der Waals surface area contributed by atoms with Crippen molar-refractivity contribution in [1.29, 1.82) is 0 Å². The lowest BCUT2D eigenvalue weighted by Crippen LogP contribution is -1.99. The molecule has 6 rings (SSSR count). The molecule has 3 heterocycles. The minimum Gasteiger partial charge on any atom is -0.439 e. The molecule has 0 saturated carbocycles. The fraction of sp³-hybridized carbons (Fsp3) is 0.115. The van der Waals surface area contributed by atoms with Crippen LogP contribution in [0.1, 0.15) is 17.5 Å². The highest BCUT2D eigenvalue weighted by Gasteiger charge is 2.12. The van der Waals surface area contributed by atoms with E-state index in [1.54, 1.807) is 18.5 Å². The zero-order valence-electron chi connectivity index (χ0n) is 17.4. The van der Waals surface area contributed by atoms with E-state index in [9.17, 15) is 0 Å². The van der Waals surface area contributed by atoms with Gasteiger partial charge in [-0.3, -0.25) is 0 Å². The van der Waals surface area contributed by atoms with Gasteiger partial charge in [-0.15, -0.1) is 0 Å². The lowest BCUT2D eigenvalue weighted by molar-refractivity contribution is 0.463. The number of nitrogens with zero attached hydrogens (tertiary/aromatic N) is 4. The Morgan fingerprint density at radius 3 is 2.75 bits per heavy atom. The third-order valence-corrected chi connectivity index (χ3v) is 5.76. The van der Waals surface area contributed by atoms with Gasteiger partial charge in [0, 0.05) is 35.7 Å². The maximum Gasteiger partial charge on any atom is 0.230 e. The number of aryl methyl sites for hydroxylation is 2. The summed E-state index contributed by atoms with van der Waals surface area (Å²) in [5, 5.41) is 4.37. The molecule has 0 bridgehead atoms. The van der Waals surface area contributed by atoms with Crippen molar-refractivity contribution >= 4 is 22.5 Å². The zero-order valence-corrected chi connectivity index (χ0v) is 17.4. The van der Waals surface area contributed by atoms with E-state index >= 15 is 0 Å². The Bertz CT molecular complexity index is 1410. The normalized spacial score (nSPS) is 12.6. The number of pyridine rings is 1. The summed E-state index contributed by atoms with van der Waals surface area (Å²) in [5.74, 6) is 2.61. The summed E-state index contributed by atoms with van der Waals surface area (Å²) in [4.78, 5) is 13.3. The molecule has 1 aliphatic carbocycles. The topological polar surface area (TPSA) is 64.9 Å². The van der Waals surface area contributed by atoms with Gasteiger partial charge in [0.25, 0.3) is 0 Å². The third-order valence-electron chi connectivity index (χ3n) is 5.76. The van der Waals surface area contributed by atoms with Gasteiger partial charge in [-0.25, -0.2) is 9.97 Å². The summed E-state index contributed by atoms with van der Waals surface area (Å²) in [6, 6.07) is 22.1. The Morgan fingerprint density at radius 1 is 0.844 bits per heavy atom. The number of ether oxygens (including phenoxy) is 1. The molecule has 6 nitrogen and oxygen atoms in total. The molecule has 0 fully saturated rings. The first-order valence-corrected chi connectivity index (χ1v) is 10.7. The molecule has 2 aromatic carbocycles. The van der Waals surface area contributed by atoms with Crippen LogP contribution in [0.2, 0.25) is 0 Å². The van der Waals surface area contributed by atoms with Crippen LogP contribution in [0.25, 0.3) is 16.7 Å². The van der Waals surface area contributed by atoms with E-state index in [4.69, 9.17) is 4.74 Å². The maximum absolute atomic E-state index is 6.04. The van der Waals surface area contributed by atoms with Crippen LogP contribution < -0.4 is 10.1 Å². The van der Waals surface area contributed by atoms with Crippen LogP contribution in [0.4, 0.5) is 11.6 Å². The predicted molar refractivity (Wildman–Crippen MR) is 125 cm³/mol. The Hall–Kier alpha value is -4.19. The summed E-state index contributed by atoms with van der Waals surface area (Å²) in [5.41, 5.74) is 4.92. The zero-order chi connectivity index (χ0) is 21.3. The number of hydrogen-bond acceptors (Lipinski definition) is 5. The molecule has 0 amide bonds. The van der Waals surface area contributed by atoms with Gasteiger partial charge in [0.15, 0.2) is 0 Å². The fourth-order valence-electron chi connectivity index (χ4n) is 4.24. The fourth-order valence-corrected chi connectivity index (χ4v) is 4.24. The number of rotatable bonds is 5. The quantitative estimate of drug-likeness (QED) is 0.388. The molecule has 0 saturated heterocycles. The second-order valence-electron chi connectivity index (χ2n) is 7.88. The van der Waals surface area contributed by atoms with Gasteiger partial charge >= 0.3 is 0 Å². The van der Waals surface area contributed by atoms with Crippen LogP contribution in [-0.2, 0) is 12.8 Å². The van der Waals surface area contributed by atoms with Crippen LogP contribution in [-0.4, -0.2) is 19.5 Å². The van der Waals surface area contributed by atoms with Gasteiger partial charge in [0.1, 0.15) is 11.6 Å². The smallest absolute Gasteiger partial charge is 0.230 e. The van der Waals surface area contributed by atoms with Crippen molar-refractivity contribution in [1.82, 2.24) is 19.5 Å². The van der Waals surface area contributed by atoms with Crippen LogP contribution in [0.5, 0.6) is 11.6 Å². The number of benzene rings is 2.